The van der Waals surface area contributed by atoms with Gasteiger partial charge in [-0.3, -0.25) is 4.79 Å². The third kappa shape index (κ3) is 2.43. The van der Waals surface area contributed by atoms with Crippen LogP contribution in [0.25, 0.3) is 10.8 Å². The van der Waals surface area contributed by atoms with Gasteiger partial charge in [-0.1, -0.05) is 42.5 Å². The van der Waals surface area contributed by atoms with Crippen molar-refractivity contribution >= 4 is 17.1 Å². The fourth-order valence-electron chi connectivity index (χ4n) is 1.92. The number of ether oxygens (including phenoxy) is 1. The van der Waals surface area contributed by atoms with Crippen LogP contribution in [0.15, 0.2) is 49.1 Å². The smallest absolute Gasteiger partial charge is 0.150 e. The summed E-state index contributed by atoms with van der Waals surface area (Å²) in [5.74, 6) is 0. The van der Waals surface area contributed by atoms with Gasteiger partial charge in [0.25, 0.3) is 0 Å². The largest absolute Gasteiger partial charge is 0.373 e. The Morgan fingerprint density at radius 3 is 2.65 bits per heavy atom. The second-order valence-corrected chi connectivity index (χ2v) is 3.78. The highest BCUT2D eigenvalue weighted by molar-refractivity contribution is 5.99. The Labute approximate surface area is 101 Å². The van der Waals surface area contributed by atoms with Gasteiger partial charge in [0, 0.05) is 5.56 Å². The molecule has 0 amide bonds. The number of benzene rings is 2. The van der Waals surface area contributed by atoms with Crippen LogP contribution in [-0.2, 0) is 11.3 Å². The maximum absolute atomic E-state index is 11.0. The van der Waals surface area contributed by atoms with Crippen molar-refractivity contribution in [3.05, 3.63) is 60.2 Å². The molecule has 0 radical (unpaired) electrons. The molecule has 17 heavy (non-hydrogen) atoms. The molecule has 0 bridgehead atoms. The molecular formula is C15H14O2. The number of carbonyl (C=O) groups is 1. The number of hydrogen-bond donors (Lipinski definition) is 0. The molecule has 0 atom stereocenters. The van der Waals surface area contributed by atoms with Gasteiger partial charge in [-0.25, -0.2) is 0 Å². The zero-order valence-corrected chi connectivity index (χ0v) is 9.56. The summed E-state index contributed by atoms with van der Waals surface area (Å²) in [4.78, 5) is 11.0. The van der Waals surface area contributed by atoms with Gasteiger partial charge < -0.3 is 4.74 Å². The third-order valence-corrected chi connectivity index (χ3v) is 2.64. The van der Waals surface area contributed by atoms with E-state index in [2.05, 4.69) is 6.58 Å². The lowest BCUT2D eigenvalue weighted by atomic mass is 10.0. The first-order valence-corrected chi connectivity index (χ1v) is 5.51. The molecule has 86 valence electrons. The monoisotopic (exact) mass is 226 g/mol. The molecule has 0 heterocycles. The first-order valence-electron chi connectivity index (χ1n) is 5.51. The summed E-state index contributed by atoms with van der Waals surface area (Å²) in [6.07, 6.45) is 2.60. The van der Waals surface area contributed by atoms with Crippen LogP contribution in [0.4, 0.5) is 0 Å². The Morgan fingerprint density at radius 1 is 1.18 bits per heavy atom. The van der Waals surface area contributed by atoms with Gasteiger partial charge >= 0.3 is 0 Å². The van der Waals surface area contributed by atoms with Crippen molar-refractivity contribution in [3.8, 4) is 0 Å². The van der Waals surface area contributed by atoms with Crippen molar-refractivity contribution in [3.63, 3.8) is 0 Å². The number of hydrogen-bond acceptors (Lipinski definition) is 2. The van der Waals surface area contributed by atoms with E-state index in [4.69, 9.17) is 4.74 Å². The molecule has 0 aromatic heterocycles. The molecule has 2 rings (SSSR count). The zero-order chi connectivity index (χ0) is 12.1. The maximum Gasteiger partial charge on any atom is 0.150 e. The fourth-order valence-corrected chi connectivity index (χ4v) is 1.92. The molecule has 0 saturated heterocycles. The zero-order valence-electron chi connectivity index (χ0n) is 9.56. The van der Waals surface area contributed by atoms with Gasteiger partial charge in [0.15, 0.2) is 6.29 Å². The SMILES string of the molecule is C=CCOCc1cccc2cccc(C=O)c12. The number of rotatable bonds is 5. The standard InChI is InChI=1S/C15H14O2/c1-2-9-17-11-14-8-4-6-12-5-3-7-13(10-16)15(12)14/h2-8,10H,1,9,11H2. The Morgan fingerprint density at radius 2 is 1.94 bits per heavy atom. The van der Waals surface area contributed by atoms with Gasteiger partial charge in [0.1, 0.15) is 0 Å². The average molecular weight is 226 g/mol. The predicted molar refractivity (Wildman–Crippen MR) is 69.2 cm³/mol. The molecule has 0 aliphatic heterocycles. The summed E-state index contributed by atoms with van der Waals surface area (Å²) in [7, 11) is 0. The first kappa shape index (κ1) is 11.6. The van der Waals surface area contributed by atoms with Crippen LogP contribution in [0.3, 0.4) is 0 Å². The predicted octanol–water partition coefficient (Wildman–Crippen LogP) is 3.35. The highest BCUT2D eigenvalue weighted by Gasteiger charge is 2.05. The minimum Gasteiger partial charge on any atom is -0.373 e. The summed E-state index contributed by atoms with van der Waals surface area (Å²) in [6.45, 7) is 4.61. The van der Waals surface area contributed by atoms with Crippen LogP contribution in [-0.4, -0.2) is 12.9 Å². The molecule has 2 aromatic rings. The lowest BCUT2D eigenvalue weighted by Gasteiger charge is -2.08. The normalized spacial score (nSPS) is 10.4. The van der Waals surface area contributed by atoms with Gasteiger partial charge in [-0.2, -0.15) is 0 Å². The van der Waals surface area contributed by atoms with Crippen LogP contribution in [0, 0.1) is 0 Å². The second-order valence-electron chi connectivity index (χ2n) is 3.78. The molecule has 0 saturated carbocycles. The van der Waals surface area contributed by atoms with E-state index < -0.39 is 0 Å². The molecule has 0 fully saturated rings. The van der Waals surface area contributed by atoms with E-state index in [1.165, 1.54) is 0 Å². The first-order chi connectivity index (χ1) is 8.36. The molecular weight excluding hydrogens is 212 g/mol. The van der Waals surface area contributed by atoms with Crippen LogP contribution >= 0.6 is 0 Å². The van der Waals surface area contributed by atoms with Crippen molar-refractivity contribution in [2.24, 2.45) is 0 Å². The van der Waals surface area contributed by atoms with Gasteiger partial charge in [-0.15, -0.1) is 6.58 Å². The van der Waals surface area contributed by atoms with Crippen LogP contribution in [0.1, 0.15) is 15.9 Å². The molecule has 2 nitrogen and oxygen atoms in total. The van der Waals surface area contributed by atoms with E-state index in [-0.39, 0.29) is 0 Å². The van der Waals surface area contributed by atoms with Gasteiger partial charge in [-0.05, 0) is 16.3 Å². The number of fused-ring (bicyclic) bond motifs is 1. The quantitative estimate of drug-likeness (QED) is 0.444. The van der Waals surface area contributed by atoms with Crippen molar-refractivity contribution < 1.29 is 9.53 Å². The Hall–Kier alpha value is -1.93. The van der Waals surface area contributed by atoms with Gasteiger partial charge in [0.2, 0.25) is 0 Å². The Balaban J connectivity index is 2.46. The maximum atomic E-state index is 11.0. The highest BCUT2D eigenvalue weighted by atomic mass is 16.5. The molecule has 0 spiro atoms. The molecule has 0 N–H and O–H groups in total. The summed E-state index contributed by atoms with van der Waals surface area (Å²) in [5.41, 5.74) is 1.74. The summed E-state index contributed by atoms with van der Waals surface area (Å²) >= 11 is 0. The van der Waals surface area contributed by atoms with Crippen LogP contribution in [0.5, 0.6) is 0 Å². The number of aldehydes is 1. The molecule has 0 aliphatic rings. The minimum absolute atomic E-state index is 0.494. The van der Waals surface area contributed by atoms with Crippen molar-refractivity contribution in [2.45, 2.75) is 6.61 Å². The van der Waals surface area contributed by atoms with Crippen molar-refractivity contribution in [2.75, 3.05) is 6.61 Å². The van der Waals surface area contributed by atoms with E-state index in [9.17, 15) is 4.79 Å². The van der Waals surface area contributed by atoms with E-state index in [0.717, 1.165) is 22.6 Å². The lowest BCUT2D eigenvalue weighted by molar-refractivity contribution is 0.112. The lowest BCUT2D eigenvalue weighted by Crippen LogP contribution is -1.96. The van der Waals surface area contributed by atoms with Crippen LogP contribution in [0.2, 0.25) is 0 Å². The molecule has 2 aromatic carbocycles. The topological polar surface area (TPSA) is 26.3 Å². The average Bonchev–Trinajstić information content (AvgIpc) is 2.38. The van der Waals surface area contributed by atoms with Crippen molar-refractivity contribution in [1.29, 1.82) is 0 Å². The van der Waals surface area contributed by atoms with E-state index in [1.54, 1.807) is 6.08 Å². The van der Waals surface area contributed by atoms with Crippen LogP contribution < -0.4 is 0 Å². The fraction of sp³-hybridized carbons (Fsp3) is 0.133. The van der Waals surface area contributed by atoms with E-state index in [1.807, 2.05) is 36.4 Å². The number of carbonyl (C=O) groups excluding carboxylic acids is 1. The van der Waals surface area contributed by atoms with Crippen molar-refractivity contribution in [1.82, 2.24) is 0 Å². The highest BCUT2D eigenvalue weighted by Crippen LogP contribution is 2.22. The molecule has 0 aliphatic carbocycles. The van der Waals surface area contributed by atoms with Gasteiger partial charge in [0.05, 0.1) is 13.2 Å². The van der Waals surface area contributed by atoms with E-state index >= 15 is 0 Å². The molecule has 2 heteroatoms. The summed E-state index contributed by atoms with van der Waals surface area (Å²) in [6, 6.07) is 11.7. The van der Waals surface area contributed by atoms with E-state index in [0.29, 0.717) is 18.8 Å². The second kappa shape index (κ2) is 5.41. The minimum atomic E-state index is 0.494. The molecule has 0 unspecified atom stereocenters. The Bertz CT molecular complexity index is 538. The summed E-state index contributed by atoms with van der Waals surface area (Å²) < 4.78 is 5.44. The summed E-state index contributed by atoms with van der Waals surface area (Å²) in [5, 5.41) is 2.04. The Kier molecular flexibility index (Phi) is 3.68. The third-order valence-electron chi connectivity index (χ3n) is 2.64.